The van der Waals surface area contributed by atoms with Crippen LogP contribution in [0.1, 0.15) is 36.9 Å². The summed E-state index contributed by atoms with van der Waals surface area (Å²) in [5.41, 5.74) is 0.933. The number of carbonyl (C=O) groups excluding carboxylic acids is 1. The zero-order chi connectivity index (χ0) is 16.3. The number of thiazole rings is 1. The van der Waals surface area contributed by atoms with Crippen molar-refractivity contribution in [1.82, 2.24) is 14.8 Å². The Morgan fingerprint density at radius 1 is 1.30 bits per heavy atom. The van der Waals surface area contributed by atoms with E-state index in [1.807, 2.05) is 6.92 Å². The number of aromatic nitrogens is 1. The highest BCUT2D eigenvalue weighted by atomic mass is 32.1. The van der Waals surface area contributed by atoms with Gasteiger partial charge < -0.3 is 9.64 Å². The van der Waals surface area contributed by atoms with Gasteiger partial charge in [0.15, 0.2) is 0 Å². The third-order valence-electron chi connectivity index (χ3n) is 5.04. The number of ether oxygens (including phenoxy) is 1. The molecule has 3 heterocycles. The molecule has 1 amide bonds. The first-order chi connectivity index (χ1) is 11.1. The van der Waals surface area contributed by atoms with Crippen molar-refractivity contribution in [2.24, 2.45) is 5.41 Å². The van der Waals surface area contributed by atoms with Crippen molar-refractivity contribution in [2.45, 2.75) is 39.7 Å². The van der Waals surface area contributed by atoms with Crippen LogP contribution in [0, 0.1) is 12.3 Å². The normalized spacial score (nSPS) is 22.8. The molecule has 0 radical (unpaired) electrons. The summed E-state index contributed by atoms with van der Waals surface area (Å²) in [6.07, 6.45) is 2.75. The Hall–Kier alpha value is -0.980. The van der Waals surface area contributed by atoms with Crippen molar-refractivity contribution in [2.75, 3.05) is 39.4 Å². The molecule has 1 aromatic rings. The lowest BCUT2D eigenvalue weighted by atomic mass is 9.81. The molecule has 0 aliphatic carbocycles. The van der Waals surface area contributed by atoms with Gasteiger partial charge in [0, 0.05) is 51.3 Å². The Bertz CT molecular complexity index is 540. The highest BCUT2D eigenvalue weighted by Crippen LogP contribution is 2.32. The molecule has 23 heavy (non-hydrogen) atoms. The number of amides is 1. The van der Waals surface area contributed by atoms with Crippen LogP contribution in [-0.4, -0.2) is 60.1 Å². The Labute approximate surface area is 142 Å². The van der Waals surface area contributed by atoms with Crippen molar-refractivity contribution in [3.8, 4) is 0 Å². The maximum Gasteiger partial charge on any atom is 0.228 e. The van der Waals surface area contributed by atoms with E-state index < -0.39 is 0 Å². The maximum atomic E-state index is 12.9. The van der Waals surface area contributed by atoms with Crippen LogP contribution in [0.4, 0.5) is 0 Å². The summed E-state index contributed by atoms with van der Waals surface area (Å²) in [4.78, 5) is 22.0. The largest absolute Gasteiger partial charge is 0.381 e. The van der Waals surface area contributed by atoms with E-state index in [0.29, 0.717) is 19.1 Å². The minimum atomic E-state index is -0.223. The fraction of sp³-hybridized carbons (Fsp3) is 0.765. The van der Waals surface area contributed by atoms with Gasteiger partial charge in [-0.2, -0.15) is 0 Å². The van der Waals surface area contributed by atoms with Crippen LogP contribution < -0.4 is 0 Å². The predicted octanol–water partition coefficient (Wildman–Crippen LogP) is 2.30. The first-order valence-corrected chi connectivity index (χ1v) is 9.45. The Morgan fingerprint density at radius 3 is 2.78 bits per heavy atom. The number of carbonyl (C=O) groups is 1. The van der Waals surface area contributed by atoms with Crippen molar-refractivity contribution in [1.29, 1.82) is 0 Å². The monoisotopic (exact) mass is 337 g/mol. The summed E-state index contributed by atoms with van der Waals surface area (Å²) in [5, 5.41) is 3.27. The van der Waals surface area contributed by atoms with E-state index in [9.17, 15) is 4.79 Å². The average molecular weight is 337 g/mol. The first kappa shape index (κ1) is 16.9. The fourth-order valence-corrected chi connectivity index (χ4v) is 4.06. The summed E-state index contributed by atoms with van der Waals surface area (Å²) < 4.78 is 5.43. The predicted molar refractivity (Wildman–Crippen MR) is 91.5 cm³/mol. The summed E-state index contributed by atoms with van der Waals surface area (Å²) >= 11 is 1.71. The molecule has 128 valence electrons. The first-order valence-electron chi connectivity index (χ1n) is 8.57. The molecule has 1 aromatic heterocycles. The Kier molecular flexibility index (Phi) is 5.34. The van der Waals surface area contributed by atoms with E-state index >= 15 is 0 Å². The highest BCUT2D eigenvalue weighted by Gasteiger charge is 2.38. The third-order valence-corrected chi connectivity index (χ3v) is 5.86. The summed E-state index contributed by atoms with van der Waals surface area (Å²) in [6, 6.07) is 0. The van der Waals surface area contributed by atoms with Gasteiger partial charge in [-0.3, -0.25) is 9.69 Å². The summed E-state index contributed by atoms with van der Waals surface area (Å²) in [7, 11) is 0. The van der Waals surface area contributed by atoms with Crippen molar-refractivity contribution in [3.05, 3.63) is 16.1 Å². The Morgan fingerprint density at radius 2 is 2.09 bits per heavy atom. The lowest BCUT2D eigenvalue weighted by molar-refractivity contribution is -0.146. The lowest BCUT2D eigenvalue weighted by Gasteiger charge is -2.36. The number of hydrogen-bond acceptors (Lipinski definition) is 5. The second-order valence-corrected chi connectivity index (χ2v) is 8.02. The van der Waals surface area contributed by atoms with Crippen molar-refractivity contribution < 1.29 is 9.53 Å². The molecule has 3 rings (SSSR count). The van der Waals surface area contributed by atoms with E-state index in [-0.39, 0.29) is 5.41 Å². The van der Waals surface area contributed by atoms with Gasteiger partial charge in [-0.15, -0.1) is 11.3 Å². The van der Waals surface area contributed by atoms with Crippen LogP contribution in [0.3, 0.4) is 0 Å². The minimum absolute atomic E-state index is 0.223. The molecule has 0 atom stereocenters. The molecule has 6 heteroatoms. The summed E-state index contributed by atoms with van der Waals surface area (Å²) in [5.74, 6) is 0.326. The molecule has 0 spiro atoms. The van der Waals surface area contributed by atoms with Crippen LogP contribution in [-0.2, 0) is 16.1 Å². The van der Waals surface area contributed by atoms with E-state index in [4.69, 9.17) is 4.74 Å². The molecule has 0 saturated carbocycles. The van der Waals surface area contributed by atoms with Crippen LogP contribution in [0.2, 0.25) is 0 Å². The number of nitrogens with zero attached hydrogens (tertiary/aromatic N) is 3. The molecule has 0 N–H and O–H groups in total. The molecule has 2 saturated heterocycles. The van der Waals surface area contributed by atoms with Crippen molar-refractivity contribution >= 4 is 17.2 Å². The molecular formula is C17H27N3O2S. The lowest BCUT2D eigenvalue weighted by Crippen LogP contribution is -2.46. The minimum Gasteiger partial charge on any atom is -0.381 e. The molecule has 0 unspecified atom stereocenters. The van der Waals surface area contributed by atoms with Gasteiger partial charge in [0.1, 0.15) is 0 Å². The van der Waals surface area contributed by atoms with Crippen LogP contribution in [0.5, 0.6) is 0 Å². The van der Waals surface area contributed by atoms with Gasteiger partial charge in [0.2, 0.25) is 5.91 Å². The zero-order valence-corrected chi connectivity index (χ0v) is 15.0. The van der Waals surface area contributed by atoms with E-state index in [2.05, 4.69) is 27.1 Å². The molecule has 2 fully saturated rings. The van der Waals surface area contributed by atoms with Gasteiger partial charge in [-0.1, -0.05) is 6.92 Å². The second kappa shape index (κ2) is 7.28. The average Bonchev–Trinajstić information content (AvgIpc) is 2.81. The second-order valence-electron chi connectivity index (χ2n) is 6.95. The summed E-state index contributed by atoms with van der Waals surface area (Å²) in [6.45, 7) is 10.2. The zero-order valence-electron chi connectivity index (χ0n) is 14.2. The molecular weight excluding hydrogens is 310 g/mol. The topological polar surface area (TPSA) is 45.7 Å². The molecule has 2 aliphatic rings. The SMILES string of the molecule is Cc1nc(CN2CCCN(C(=O)C3(C)CCOCC3)CC2)cs1. The van der Waals surface area contributed by atoms with E-state index in [1.54, 1.807) is 11.3 Å². The van der Waals surface area contributed by atoms with Crippen molar-refractivity contribution in [3.63, 3.8) is 0 Å². The van der Waals surface area contributed by atoms with E-state index in [1.165, 1.54) is 0 Å². The fourth-order valence-electron chi connectivity index (χ4n) is 3.46. The van der Waals surface area contributed by atoms with E-state index in [0.717, 1.165) is 62.7 Å². The molecule has 0 aromatic carbocycles. The third kappa shape index (κ3) is 4.11. The smallest absolute Gasteiger partial charge is 0.228 e. The van der Waals surface area contributed by atoms with Gasteiger partial charge in [-0.25, -0.2) is 4.98 Å². The van der Waals surface area contributed by atoms with Crippen LogP contribution in [0.25, 0.3) is 0 Å². The molecule has 2 aliphatic heterocycles. The Balaban J connectivity index is 1.56. The number of hydrogen-bond donors (Lipinski definition) is 0. The highest BCUT2D eigenvalue weighted by molar-refractivity contribution is 7.09. The number of rotatable bonds is 3. The van der Waals surface area contributed by atoms with Gasteiger partial charge in [0.25, 0.3) is 0 Å². The van der Waals surface area contributed by atoms with Gasteiger partial charge in [-0.05, 0) is 26.2 Å². The quantitative estimate of drug-likeness (QED) is 0.849. The van der Waals surface area contributed by atoms with Crippen LogP contribution in [0.15, 0.2) is 5.38 Å². The van der Waals surface area contributed by atoms with Gasteiger partial charge in [0.05, 0.1) is 16.1 Å². The number of aryl methyl sites for hydroxylation is 1. The molecule has 5 nitrogen and oxygen atoms in total. The molecule has 0 bridgehead atoms. The van der Waals surface area contributed by atoms with Crippen LogP contribution >= 0.6 is 11.3 Å². The maximum absolute atomic E-state index is 12.9. The van der Waals surface area contributed by atoms with Gasteiger partial charge >= 0.3 is 0 Å². The standard InChI is InChI=1S/C17H27N3O2S/c1-14-18-15(13-23-14)12-19-6-3-7-20(9-8-19)16(21)17(2)4-10-22-11-5-17/h13H,3-12H2,1-2H3.